The maximum atomic E-state index is 8.12. The van der Waals surface area contributed by atoms with Gasteiger partial charge in [0.2, 0.25) is 0 Å². The highest BCUT2D eigenvalue weighted by atomic mass is 16.5. The van der Waals surface area contributed by atoms with Crippen LogP contribution in [0.1, 0.15) is 65.2 Å². The predicted molar refractivity (Wildman–Crippen MR) is 109 cm³/mol. The van der Waals surface area contributed by atoms with Crippen LogP contribution in [-0.4, -0.2) is 30.6 Å². The van der Waals surface area contributed by atoms with Gasteiger partial charge in [0.1, 0.15) is 0 Å². The van der Waals surface area contributed by atoms with E-state index in [1.807, 2.05) is 12.2 Å². The van der Waals surface area contributed by atoms with Crippen LogP contribution in [0.3, 0.4) is 0 Å². The van der Waals surface area contributed by atoms with Crippen LogP contribution in [-0.2, 0) is 19.1 Å². The van der Waals surface area contributed by atoms with Crippen molar-refractivity contribution in [2.75, 3.05) is 0 Å². The number of ether oxygens (including phenoxy) is 2. The van der Waals surface area contributed by atoms with E-state index in [0.717, 1.165) is 38.5 Å². The third kappa shape index (κ3) is 10.2. The Morgan fingerprint density at radius 1 is 0.889 bits per heavy atom. The number of carbonyl (C=O) groups excluding carboxylic acids is 2. The van der Waals surface area contributed by atoms with E-state index in [-0.39, 0.29) is 18.4 Å². The molecule has 0 N–H and O–H groups in total. The first-order valence-corrected chi connectivity index (χ1v) is 9.84. The lowest BCUT2D eigenvalue weighted by molar-refractivity contribution is -0.191. The van der Waals surface area contributed by atoms with E-state index >= 15 is 0 Å². The Balaban J connectivity index is 0.000000438. The minimum absolute atomic E-state index is 0.249. The van der Waals surface area contributed by atoms with Crippen LogP contribution in [0.4, 0.5) is 0 Å². The Morgan fingerprint density at radius 3 is 1.48 bits per heavy atom. The first kappa shape index (κ1) is 25.3. The number of hydrogen-bond donors (Lipinski definition) is 0. The molecule has 152 valence electrons. The van der Waals surface area contributed by atoms with Crippen molar-refractivity contribution in [3.8, 4) is 0 Å². The van der Waals surface area contributed by atoms with E-state index < -0.39 is 0 Å². The van der Waals surface area contributed by atoms with Crippen molar-refractivity contribution in [3.05, 3.63) is 49.6 Å². The van der Waals surface area contributed by atoms with Crippen LogP contribution in [0, 0.1) is 0 Å². The molecule has 0 aromatic heterocycles. The van der Waals surface area contributed by atoms with Gasteiger partial charge in [-0.05, 0) is 49.7 Å². The van der Waals surface area contributed by atoms with Crippen LogP contribution in [0.2, 0.25) is 0 Å². The minimum atomic E-state index is 0.249. The van der Waals surface area contributed by atoms with Crippen LogP contribution < -0.4 is 0 Å². The first-order chi connectivity index (χ1) is 13.0. The van der Waals surface area contributed by atoms with Crippen LogP contribution in [0.25, 0.3) is 0 Å². The van der Waals surface area contributed by atoms with E-state index in [4.69, 9.17) is 19.1 Å². The lowest BCUT2D eigenvalue weighted by atomic mass is 10.0. The highest BCUT2D eigenvalue weighted by Gasteiger charge is 2.27. The lowest BCUT2D eigenvalue weighted by Crippen LogP contribution is -2.09. The molecule has 0 saturated carbocycles. The van der Waals surface area contributed by atoms with E-state index in [1.54, 1.807) is 0 Å². The van der Waals surface area contributed by atoms with E-state index in [9.17, 15) is 0 Å². The quantitative estimate of drug-likeness (QED) is 0.520. The summed E-state index contributed by atoms with van der Waals surface area (Å²) in [5.41, 5.74) is 2.49. The Bertz CT molecular complexity index is 463. The molecule has 2 heterocycles. The zero-order valence-electron chi connectivity index (χ0n) is 17.1. The zero-order chi connectivity index (χ0) is 20.7. The Labute approximate surface area is 165 Å². The van der Waals surface area contributed by atoms with Gasteiger partial charge in [-0.3, -0.25) is 0 Å². The second-order valence-electron chi connectivity index (χ2n) is 6.93. The van der Waals surface area contributed by atoms with Crippen LogP contribution in [0.15, 0.2) is 49.6 Å². The summed E-state index contributed by atoms with van der Waals surface area (Å²) in [6.07, 6.45) is 14.0. The molecule has 0 amide bonds. The van der Waals surface area contributed by atoms with Crippen molar-refractivity contribution < 1.29 is 19.1 Å². The van der Waals surface area contributed by atoms with Gasteiger partial charge in [0.05, 0.1) is 24.4 Å². The van der Waals surface area contributed by atoms with Crippen molar-refractivity contribution in [1.82, 2.24) is 0 Å². The molecular formula is C23H36O4. The summed E-state index contributed by atoms with van der Waals surface area (Å²) in [5, 5.41) is 0. The van der Waals surface area contributed by atoms with Gasteiger partial charge in [0.15, 0.2) is 0 Å². The number of rotatable bonds is 8. The topological polar surface area (TPSA) is 52.6 Å². The van der Waals surface area contributed by atoms with Crippen LogP contribution >= 0.6 is 0 Å². The SMILES string of the molecule is C=CC[C@@H]1O[C@@H](CCC)CC1=C.C=CC[C@@H]1O[C@@H](CCC)CC1=C.O=C=O. The normalized spacial score (nSPS) is 26.3. The van der Waals surface area contributed by atoms with Gasteiger partial charge in [0.25, 0.3) is 0 Å². The molecule has 2 aliphatic rings. The predicted octanol–water partition coefficient (Wildman–Crippen LogP) is 5.57. The van der Waals surface area contributed by atoms with Gasteiger partial charge >= 0.3 is 6.15 Å². The van der Waals surface area contributed by atoms with E-state index in [1.165, 1.54) is 24.0 Å². The molecule has 2 aliphatic heterocycles. The summed E-state index contributed by atoms with van der Waals surface area (Å²) in [6, 6.07) is 0. The van der Waals surface area contributed by atoms with E-state index in [2.05, 4.69) is 40.2 Å². The average Bonchev–Trinajstić information content (AvgIpc) is 3.13. The highest BCUT2D eigenvalue weighted by molar-refractivity contribution is 5.20. The molecule has 0 aliphatic carbocycles. The lowest BCUT2D eigenvalue weighted by Gasteiger charge is -2.10. The largest absolute Gasteiger partial charge is 0.373 e. The van der Waals surface area contributed by atoms with Gasteiger partial charge in [-0.25, -0.2) is 0 Å². The van der Waals surface area contributed by atoms with Gasteiger partial charge in [-0.1, -0.05) is 52.0 Å². The molecule has 27 heavy (non-hydrogen) atoms. The third-order valence-electron chi connectivity index (χ3n) is 4.59. The van der Waals surface area contributed by atoms with Crippen molar-refractivity contribution >= 4 is 6.15 Å². The average molecular weight is 377 g/mol. The minimum Gasteiger partial charge on any atom is -0.370 e. The smallest absolute Gasteiger partial charge is 0.370 e. The molecule has 0 spiro atoms. The fourth-order valence-electron chi connectivity index (χ4n) is 3.33. The third-order valence-corrected chi connectivity index (χ3v) is 4.59. The summed E-state index contributed by atoms with van der Waals surface area (Å²) in [5.74, 6) is 0. The molecule has 2 saturated heterocycles. The number of hydrogen-bond acceptors (Lipinski definition) is 4. The molecule has 2 fully saturated rings. The molecule has 0 unspecified atom stereocenters. The first-order valence-electron chi connectivity index (χ1n) is 9.84. The fraction of sp³-hybridized carbons (Fsp3) is 0.609. The summed E-state index contributed by atoms with van der Waals surface area (Å²) in [7, 11) is 0. The second-order valence-corrected chi connectivity index (χ2v) is 6.93. The van der Waals surface area contributed by atoms with Gasteiger partial charge in [-0.15, -0.1) is 13.2 Å². The van der Waals surface area contributed by atoms with Crippen molar-refractivity contribution in [2.24, 2.45) is 0 Å². The monoisotopic (exact) mass is 376 g/mol. The molecule has 0 bridgehead atoms. The summed E-state index contributed by atoms with van der Waals surface area (Å²) in [4.78, 5) is 16.2. The van der Waals surface area contributed by atoms with Gasteiger partial charge in [-0.2, -0.15) is 9.59 Å². The summed E-state index contributed by atoms with van der Waals surface area (Å²) in [6.45, 7) is 19.8. The van der Waals surface area contributed by atoms with Crippen molar-refractivity contribution in [3.63, 3.8) is 0 Å². The molecule has 4 nitrogen and oxygen atoms in total. The Hall–Kier alpha value is -1.74. The highest BCUT2D eigenvalue weighted by Crippen LogP contribution is 2.29. The van der Waals surface area contributed by atoms with Crippen LogP contribution in [0.5, 0.6) is 0 Å². The molecule has 4 atom stereocenters. The molecule has 0 radical (unpaired) electrons. The molecule has 0 aromatic rings. The Kier molecular flexibility index (Phi) is 14.3. The van der Waals surface area contributed by atoms with Gasteiger partial charge in [0, 0.05) is 0 Å². The summed E-state index contributed by atoms with van der Waals surface area (Å²) < 4.78 is 11.6. The van der Waals surface area contributed by atoms with Gasteiger partial charge < -0.3 is 9.47 Å². The Morgan fingerprint density at radius 2 is 1.22 bits per heavy atom. The fourth-order valence-corrected chi connectivity index (χ4v) is 3.33. The molecule has 0 aromatic carbocycles. The second kappa shape index (κ2) is 15.3. The van der Waals surface area contributed by atoms with E-state index in [0.29, 0.717) is 12.2 Å². The molecular weight excluding hydrogens is 340 g/mol. The maximum absolute atomic E-state index is 8.12. The van der Waals surface area contributed by atoms with Crippen molar-refractivity contribution in [2.45, 2.75) is 89.6 Å². The zero-order valence-corrected chi connectivity index (χ0v) is 17.1. The standard InChI is InChI=1S/2C11H18O.CO2/c2*1-4-6-10-8-9(3)11(12-10)7-5-2;2-1-3/h2*5,10-11H,2-4,6-8H2,1H3;/t2*10-,11-;/m00./s1. The molecule has 2 rings (SSSR count). The molecule has 4 heteroatoms. The maximum Gasteiger partial charge on any atom is 0.373 e. The summed E-state index contributed by atoms with van der Waals surface area (Å²) >= 11 is 0. The van der Waals surface area contributed by atoms with Crippen molar-refractivity contribution in [1.29, 1.82) is 0 Å².